The Hall–Kier alpha value is -0.720. The first-order chi connectivity index (χ1) is 9.11. The molecule has 0 aliphatic carbocycles. The lowest BCUT2D eigenvalue weighted by atomic mass is 10.0. The van der Waals surface area contributed by atoms with E-state index in [-0.39, 0.29) is 18.2 Å². The zero-order valence-corrected chi connectivity index (χ0v) is 11.2. The number of aliphatic hydroxyl groups is 1. The highest BCUT2D eigenvalue weighted by Crippen LogP contribution is 2.23. The fourth-order valence-corrected chi connectivity index (χ4v) is 3.29. The maximum Gasteiger partial charge on any atom is 0.194 e. The molecule has 1 unspecified atom stereocenters. The predicted octanol–water partition coefficient (Wildman–Crippen LogP) is 2.62. The molecule has 1 atom stereocenters. The van der Waals surface area contributed by atoms with Gasteiger partial charge in [-0.2, -0.15) is 11.8 Å². The lowest BCUT2D eigenvalue weighted by Gasteiger charge is -2.27. The Balaban J connectivity index is 2.12. The van der Waals surface area contributed by atoms with Crippen molar-refractivity contribution in [1.29, 1.82) is 0 Å². The zero-order valence-electron chi connectivity index (χ0n) is 10.3. The van der Waals surface area contributed by atoms with Gasteiger partial charge in [-0.05, 0) is 42.0 Å². The Bertz CT molecular complexity index is 415. The fourth-order valence-electron chi connectivity index (χ4n) is 2.18. The van der Waals surface area contributed by atoms with Crippen LogP contribution in [0, 0.1) is 17.5 Å². The summed E-state index contributed by atoms with van der Waals surface area (Å²) in [6.45, 7) is -0.284. The fraction of sp³-hybridized carbons (Fsp3) is 0.538. The molecule has 1 aromatic rings. The first kappa shape index (κ1) is 14.7. The van der Waals surface area contributed by atoms with Crippen LogP contribution in [0.15, 0.2) is 12.1 Å². The first-order valence-corrected chi connectivity index (χ1v) is 7.36. The largest absolute Gasteiger partial charge is 0.394 e. The van der Waals surface area contributed by atoms with E-state index in [1.54, 1.807) is 0 Å². The number of hydrogen-bond acceptors (Lipinski definition) is 3. The van der Waals surface area contributed by atoms with Crippen molar-refractivity contribution in [1.82, 2.24) is 5.32 Å². The van der Waals surface area contributed by atoms with Gasteiger partial charge >= 0.3 is 0 Å². The Kier molecular flexibility index (Phi) is 5.13. The molecule has 1 aliphatic heterocycles. The molecular weight excluding hydrogens is 275 g/mol. The molecule has 2 rings (SSSR count). The van der Waals surface area contributed by atoms with Crippen molar-refractivity contribution in [2.75, 3.05) is 18.1 Å². The van der Waals surface area contributed by atoms with Gasteiger partial charge < -0.3 is 10.4 Å². The number of rotatable bonds is 4. The molecule has 0 bridgehead atoms. The number of nitrogens with one attached hydrogen (secondary N) is 1. The van der Waals surface area contributed by atoms with E-state index < -0.39 is 23.5 Å². The molecule has 19 heavy (non-hydrogen) atoms. The third-order valence-electron chi connectivity index (χ3n) is 3.25. The minimum absolute atomic E-state index is 0.217. The van der Waals surface area contributed by atoms with Crippen LogP contribution in [0.1, 0.15) is 24.4 Å². The van der Waals surface area contributed by atoms with Crippen molar-refractivity contribution in [2.24, 2.45) is 0 Å². The van der Waals surface area contributed by atoms with Crippen LogP contribution in [0.4, 0.5) is 13.2 Å². The topological polar surface area (TPSA) is 32.3 Å². The van der Waals surface area contributed by atoms with Gasteiger partial charge in [0.2, 0.25) is 0 Å². The standard InChI is InChI=1S/C13H16F3NOS/c14-10-5-8(6-11(15)13(10)16)12(7-18)17-9-1-3-19-4-2-9/h5-6,9,12,17-18H,1-4,7H2. The Morgan fingerprint density at radius 3 is 2.32 bits per heavy atom. The zero-order chi connectivity index (χ0) is 13.8. The van der Waals surface area contributed by atoms with E-state index in [0.29, 0.717) is 0 Å². The van der Waals surface area contributed by atoms with Crippen LogP contribution < -0.4 is 5.32 Å². The van der Waals surface area contributed by atoms with Crippen molar-refractivity contribution in [3.63, 3.8) is 0 Å². The number of halogens is 3. The molecule has 106 valence electrons. The lowest BCUT2D eigenvalue weighted by molar-refractivity contribution is 0.229. The molecule has 0 amide bonds. The minimum atomic E-state index is -1.48. The van der Waals surface area contributed by atoms with E-state index in [1.165, 1.54) is 0 Å². The Labute approximate surface area is 114 Å². The molecule has 0 saturated carbocycles. The van der Waals surface area contributed by atoms with Crippen LogP contribution in [-0.4, -0.2) is 29.3 Å². The molecule has 0 spiro atoms. The summed E-state index contributed by atoms with van der Waals surface area (Å²) in [5.41, 5.74) is 0.233. The van der Waals surface area contributed by atoms with Gasteiger partial charge in [0, 0.05) is 6.04 Å². The second-order valence-corrected chi connectivity index (χ2v) is 5.81. The highest BCUT2D eigenvalue weighted by atomic mass is 32.2. The average Bonchev–Trinajstić information content (AvgIpc) is 2.42. The van der Waals surface area contributed by atoms with Gasteiger partial charge in [0.05, 0.1) is 12.6 Å². The molecule has 1 aliphatic rings. The van der Waals surface area contributed by atoms with E-state index in [2.05, 4.69) is 5.32 Å². The quantitative estimate of drug-likeness (QED) is 0.837. The Morgan fingerprint density at radius 2 is 1.79 bits per heavy atom. The van der Waals surface area contributed by atoms with E-state index >= 15 is 0 Å². The van der Waals surface area contributed by atoms with Crippen LogP contribution in [0.2, 0.25) is 0 Å². The number of aliphatic hydroxyl groups excluding tert-OH is 1. The normalized spacial score (nSPS) is 18.5. The third kappa shape index (κ3) is 3.64. The molecule has 1 fully saturated rings. The van der Waals surface area contributed by atoms with Gasteiger partial charge in [-0.1, -0.05) is 0 Å². The molecule has 0 radical (unpaired) electrons. The van der Waals surface area contributed by atoms with E-state index in [9.17, 15) is 18.3 Å². The summed E-state index contributed by atoms with van der Waals surface area (Å²) in [5.74, 6) is -1.87. The van der Waals surface area contributed by atoms with Crippen LogP contribution in [0.5, 0.6) is 0 Å². The molecule has 0 aromatic heterocycles. The van der Waals surface area contributed by atoms with Crippen molar-refractivity contribution in [3.05, 3.63) is 35.1 Å². The van der Waals surface area contributed by atoms with Gasteiger partial charge in [0.15, 0.2) is 17.5 Å². The maximum atomic E-state index is 13.2. The summed E-state index contributed by atoms with van der Waals surface area (Å²) in [4.78, 5) is 0. The van der Waals surface area contributed by atoms with Gasteiger partial charge in [0.1, 0.15) is 0 Å². The number of benzene rings is 1. The van der Waals surface area contributed by atoms with Crippen molar-refractivity contribution in [3.8, 4) is 0 Å². The summed E-state index contributed by atoms with van der Waals surface area (Å²) in [7, 11) is 0. The lowest BCUT2D eigenvalue weighted by Crippen LogP contribution is -2.37. The summed E-state index contributed by atoms with van der Waals surface area (Å²) in [6.07, 6.45) is 1.90. The summed E-state index contributed by atoms with van der Waals surface area (Å²) in [5, 5.41) is 12.5. The van der Waals surface area contributed by atoms with Crippen molar-refractivity contribution in [2.45, 2.75) is 24.9 Å². The molecule has 2 nitrogen and oxygen atoms in total. The van der Waals surface area contributed by atoms with Crippen LogP contribution in [0.3, 0.4) is 0 Å². The molecule has 6 heteroatoms. The molecular formula is C13H16F3NOS. The molecule has 1 saturated heterocycles. The first-order valence-electron chi connectivity index (χ1n) is 6.21. The van der Waals surface area contributed by atoms with Gasteiger partial charge in [-0.3, -0.25) is 0 Å². The average molecular weight is 291 g/mol. The SMILES string of the molecule is OCC(NC1CCSCC1)c1cc(F)c(F)c(F)c1. The van der Waals surface area contributed by atoms with Gasteiger partial charge in [-0.15, -0.1) is 0 Å². The Morgan fingerprint density at radius 1 is 1.21 bits per heavy atom. The summed E-state index contributed by atoms with van der Waals surface area (Å²) < 4.78 is 39.3. The number of thioether (sulfide) groups is 1. The van der Waals surface area contributed by atoms with E-state index in [1.807, 2.05) is 11.8 Å². The van der Waals surface area contributed by atoms with E-state index in [4.69, 9.17) is 0 Å². The predicted molar refractivity (Wildman–Crippen MR) is 69.6 cm³/mol. The van der Waals surface area contributed by atoms with Gasteiger partial charge in [-0.25, -0.2) is 13.2 Å². The highest BCUT2D eigenvalue weighted by Gasteiger charge is 2.21. The van der Waals surface area contributed by atoms with Crippen LogP contribution in [0.25, 0.3) is 0 Å². The highest BCUT2D eigenvalue weighted by molar-refractivity contribution is 7.99. The van der Waals surface area contributed by atoms with Crippen LogP contribution in [-0.2, 0) is 0 Å². The number of hydrogen-bond donors (Lipinski definition) is 2. The summed E-state index contributed by atoms with van der Waals surface area (Å²) >= 11 is 1.86. The van der Waals surface area contributed by atoms with Crippen LogP contribution >= 0.6 is 11.8 Å². The van der Waals surface area contributed by atoms with Crippen molar-refractivity contribution < 1.29 is 18.3 Å². The van der Waals surface area contributed by atoms with Crippen molar-refractivity contribution >= 4 is 11.8 Å². The summed E-state index contributed by atoms with van der Waals surface area (Å²) in [6, 6.07) is 1.51. The molecule has 1 heterocycles. The van der Waals surface area contributed by atoms with Gasteiger partial charge in [0.25, 0.3) is 0 Å². The maximum absolute atomic E-state index is 13.2. The monoisotopic (exact) mass is 291 g/mol. The third-order valence-corrected chi connectivity index (χ3v) is 4.30. The van der Waals surface area contributed by atoms with E-state index in [0.717, 1.165) is 36.5 Å². The molecule has 2 N–H and O–H groups in total. The smallest absolute Gasteiger partial charge is 0.194 e. The molecule has 1 aromatic carbocycles. The second-order valence-electron chi connectivity index (χ2n) is 4.59. The minimum Gasteiger partial charge on any atom is -0.394 e. The second kappa shape index (κ2) is 6.63.